The summed E-state index contributed by atoms with van der Waals surface area (Å²) in [5.41, 5.74) is -0.169. The standard InChI is InChI=1S/C19H20F4N4O/c1-12-25-16(19(21,22)23)10-17(26-12)27-8-6-14(7-9-27)18(28)24-11-13-2-4-15(20)5-3-13/h2-5,10,14H,6-9,11H2,1H3,(H,24,28). The maximum absolute atomic E-state index is 12.9. The largest absolute Gasteiger partial charge is 0.433 e. The Kier molecular flexibility index (Phi) is 5.81. The van der Waals surface area contributed by atoms with Crippen molar-refractivity contribution >= 4 is 11.7 Å². The predicted molar refractivity (Wildman–Crippen MR) is 95.0 cm³/mol. The summed E-state index contributed by atoms with van der Waals surface area (Å²) in [6.07, 6.45) is -3.50. The van der Waals surface area contributed by atoms with Crippen LogP contribution in [0.3, 0.4) is 0 Å². The molecule has 1 N–H and O–H groups in total. The Morgan fingerprint density at radius 3 is 2.43 bits per heavy atom. The first kappa shape index (κ1) is 20.0. The molecule has 1 aromatic heterocycles. The topological polar surface area (TPSA) is 58.1 Å². The van der Waals surface area contributed by atoms with Gasteiger partial charge in [-0.05, 0) is 37.5 Å². The van der Waals surface area contributed by atoms with Crippen molar-refractivity contribution in [3.05, 3.63) is 53.2 Å². The van der Waals surface area contributed by atoms with E-state index in [1.54, 1.807) is 17.0 Å². The molecule has 0 atom stereocenters. The third kappa shape index (κ3) is 4.96. The van der Waals surface area contributed by atoms with Crippen LogP contribution in [0.1, 0.15) is 29.9 Å². The summed E-state index contributed by atoms with van der Waals surface area (Å²) in [5, 5.41) is 2.83. The van der Waals surface area contributed by atoms with E-state index in [0.717, 1.165) is 11.6 Å². The number of anilines is 1. The fourth-order valence-electron chi connectivity index (χ4n) is 3.17. The quantitative estimate of drug-likeness (QED) is 0.804. The second-order valence-electron chi connectivity index (χ2n) is 6.76. The van der Waals surface area contributed by atoms with Gasteiger partial charge in [-0.3, -0.25) is 4.79 Å². The minimum absolute atomic E-state index is 0.0592. The molecular formula is C19H20F4N4O. The molecule has 1 amide bonds. The van der Waals surface area contributed by atoms with Gasteiger partial charge in [0.2, 0.25) is 5.91 Å². The normalized spacial score (nSPS) is 15.5. The van der Waals surface area contributed by atoms with Crippen molar-refractivity contribution in [2.45, 2.75) is 32.5 Å². The molecule has 1 aliphatic rings. The molecule has 0 radical (unpaired) electrons. The van der Waals surface area contributed by atoms with Crippen LogP contribution in [0.15, 0.2) is 30.3 Å². The highest BCUT2D eigenvalue weighted by molar-refractivity contribution is 5.79. The molecule has 0 aliphatic carbocycles. The number of aromatic nitrogens is 2. The number of carbonyl (C=O) groups excluding carboxylic acids is 1. The van der Waals surface area contributed by atoms with Gasteiger partial charge in [-0.25, -0.2) is 14.4 Å². The summed E-state index contributed by atoms with van der Waals surface area (Å²) in [4.78, 5) is 21.6. The van der Waals surface area contributed by atoms with Crippen molar-refractivity contribution < 1.29 is 22.4 Å². The van der Waals surface area contributed by atoms with Gasteiger partial charge >= 0.3 is 6.18 Å². The smallest absolute Gasteiger partial charge is 0.356 e. The molecule has 0 bridgehead atoms. The van der Waals surface area contributed by atoms with Crippen LogP contribution in [0.4, 0.5) is 23.4 Å². The van der Waals surface area contributed by atoms with Gasteiger partial charge in [-0.15, -0.1) is 0 Å². The highest BCUT2D eigenvalue weighted by atomic mass is 19.4. The second kappa shape index (κ2) is 8.12. The maximum atomic E-state index is 12.9. The van der Waals surface area contributed by atoms with Gasteiger partial charge in [-0.1, -0.05) is 12.1 Å². The highest BCUT2D eigenvalue weighted by Crippen LogP contribution is 2.31. The van der Waals surface area contributed by atoms with E-state index in [-0.39, 0.29) is 29.3 Å². The van der Waals surface area contributed by atoms with Crippen LogP contribution in [0, 0.1) is 18.7 Å². The van der Waals surface area contributed by atoms with Gasteiger partial charge in [0.15, 0.2) is 0 Å². The summed E-state index contributed by atoms with van der Waals surface area (Å²) < 4.78 is 51.7. The van der Waals surface area contributed by atoms with E-state index in [1.165, 1.54) is 19.1 Å². The van der Waals surface area contributed by atoms with Crippen molar-refractivity contribution in [1.82, 2.24) is 15.3 Å². The molecule has 0 spiro atoms. The number of aryl methyl sites for hydroxylation is 1. The van der Waals surface area contributed by atoms with Crippen LogP contribution in [0.25, 0.3) is 0 Å². The molecule has 1 aliphatic heterocycles. The first-order valence-electron chi connectivity index (χ1n) is 8.92. The van der Waals surface area contributed by atoms with Crippen molar-refractivity contribution in [2.24, 2.45) is 5.92 Å². The Morgan fingerprint density at radius 1 is 1.18 bits per heavy atom. The molecule has 9 heteroatoms. The van der Waals surface area contributed by atoms with Crippen LogP contribution in [0.5, 0.6) is 0 Å². The van der Waals surface area contributed by atoms with Gasteiger partial charge in [-0.2, -0.15) is 13.2 Å². The van der Waals surface area contributed by atoms with Crippen LogP contribution >= 0.6 is 0 Å². The third-order valence-electron chi connectivity index (χ3n) is 4.68. The van der Waals surface area contributed by atoms with E-state index in [0.29, 0.717) is 32.5 Å². The number of carbonyl (C=O) groups is 1. The Morgan fingerprint density at radius 2 is 1.82 bits per heavy atom. The number of alkyl halides is 3. The number of halogens is 4. The minimum Gasteiger partial charge on any atom is -0.356 e. The highest BCUT2D eigenvalue weighted by Gasteiger charge is 2.34. The lowest BCUT2D eigenvalue weighted by Gasteiger charge is -2.32. The fraction of sp³-hybridized carbons (Fsp3) is 0.421. The van der Waals surface area contributed by atoms with E-state index in [1.807, 2.05) is 0 Å². The van der Waals surface area contributed by atoms with Crippen molar-refractivity contribution in [2.75, 3.05) is 18.0 Å². The molecule has 0 unspecified atom stereocenters. The first-order valence-corrected chi connectivity index (χ1v) is 8.92. The lowest BCUT2D eigenvalue weighted by molar-refractivity contribution is -0.141. The zero-order chi connectivity index (χ0) is 20.3. The number of nitrogens with zero attached hydrogens (tertiary/aromatic N) is 3. The molecule has 1 saturated heterocycles. The van der Waals surface area contributed by atoms with Crippen LogP contribution in [-0.2, 0) is 17.5 Å². The molecule has 1 aromatic carbocycles. The number of nitrogens with one attached hydrogen (secondary N) is 1. The number of rotatable bonds is 4. The summed E-state index contributed by atoms with van der Waals surface area (Å²) in [6.45, 7) is 2.60. The second-order valence-corrected chi connectivity index (χ2v) is 6.76. The van der Waals surface area contributed by atoms with Crippen LogP contribution < -0.4 is 10.2 Å². The van der Waals surface area contributed by atoms with Crippen LogP contribution in [-0.4, -0.2) is 29.0 Å². The van der Waals surface area contributed by atoms with E-state index < -0.39 is 11.9 Å². The summed E-state index contributed by atoms with van der Waals surface area (Å²) in [5.74, 6) is -0.384. The Hall–Kier alpha value is -2.71. The minimum atomic E-state index is -4.53. The number of hydrogen-bond acceptors (Lipinski definition) is 4. The summed E-state index contributed by atoms with van der Waals surface area (Å²) >= 11 is 0. The monoisotopic (exact) mass is 396 g/mol. The zero-order valence-corrected chi connectivity index (χ0v) is 15.3. The predicted octanol–water partition coefficient (Wildman–Crippen LogP) is 3.48. The Bertz CT molecular complexity index is 831. The molecule has 1 fully saturated rings. The average Bonchev–Trinajstić information content (AvgIpc) is 2.66. The summed E-state index contributed by atoms with van der Waals surface area (Å²) in [6, 6.07) is 6.82. The van der Waals surface area contributed by atoms with Crippen molar-refractivity contribution in [3.8, 4) is 0 Å². The van der Waals surface area contributed by atoms with E-state index in [4.69, 9.17) is 0 Å². The van der Waals surface area contributed by atoms with Gasteiger partial charge in [0.25, 0.3) is 0 Å². The van der Waals surface area contributed by atoms with Gasteiger partial charge in [0.1, 0.15) is 23.2 Å². The van der Waals surface area contributed by atoms with Gasteiger partial charge in [0, 0.05) is 31.6 Å². The van der Waals surface area contributed by atoms with Crippen LogP contribution in [0.2, 0.25) is 0 Å². The molecule has 150 valence electrons. The number of amides is 1. The lowest BCUT2D eigenvalue weighted by atomic mass is 9.95. The number of benzene rings is 1. The third-order valence-corrected chi connectivity index (χ3v) is 4.68. The molecule has 3 rings (SSSR count). The molecular weight excluding hydrogens is 376 g/mol. The van der Waals surface area contributed by atoms with E-state index in [2.05, 4.69) is 15.3 Å². The van der Waals surface area contributed by atoms with Gasteiger partial charge in [0.05, 0.1) is 0 Å². The molecule has 5 nitrogen and oxygen atoms in total. The average molecular weight is 396 g/mol. The Balaban J connectivity index is 1.56. The Labute approximate surface area is 159 Å². The molecule has 28 heavy (non-hydrogen) atoms. The molecule has 0 saturated carbocycles. The SMILES string of the molecule is Cc1nc(N2CCC(C(=O)NCc3ccc(F)cc3)CC2)cc(C(F)(F)F)n1. The van der Waals surface area contributed by atoms with Gasteiger partial charge < -0.3 is 10.2 Å². The summed E-state index contributed by atoms with van der Waals surface area (Å²) in [7, 11) is 0. The zero-order valence-electron chi connectivity index (χ0n) is 15.3. The van der Waals surface area contributed by atoms with E-state index in [9.17, 15) is 22.4 Å². The van der Waals surface area contributed by atoms with Crippen molar-refractivity contribution in [3.63, 3.8) is 0 Å². The number of hydrogen-bond donors (Lipinski definition) is 1. The van der Waals surface area contributed by atoms with E-state index >= 15 is 0 Å². The fourth-order valence-corrected chi connectivity index (χ4v) is 3.17. The van der Waals surface area contributed by atoms with Crippen molar-refractivity contribution in [1.29, 1.82) is 0 Å². The lowest BCUT2D eigenvalue weighted by Crippen LogP contribution is -2.40. The number of piperidine rings is 1. The molecule has 2 aromatic rings. The maximum Gasteiger partial charge on any atom is 0.433 e. The molecule has 2 heterocycles. The first-order chi connectivity index (χ1) is 13.2.